The van der Waals surface area contributed by atoms with Gasteiger partial charge in [0, 0.05) is 25.7 Å². The second-order valence-electron chi connectivity index (χ2n) is 5.87. The van der Waals surface area contributed by atoms with Gasteiger partial charge in [-0.2, -0.15) is 18.3 Å². The Morgan fingerprint density at radius 1 is 1.39 bits per heavy atom. The van der Waals surface area contributed by atoms with Crippen LogP contribution in [0.5, 0.6) is 5.75 Å². The number of benzene rings is 1. The van der Waals surface area contributed by atoms with E-state index in [1.54, 1.807) is 0 Å². The molecular formula is C16H13ClF4N4O3. The van der Waals surface area contributed by atoms with Crippen LogP contribution in [0.2, 0.25) is 5.02 Å². The van der Waals surface area contributed by atoms with Gasteiger partial charge in [-0.3, -0.25) is 19.2 Å². The van der Waals surface area contributed by atoms with Gasteiger partial charge in [0.2, 0.25) is 5.91 Å². The summed E-state index contributed by atoms with van der Waals surface area (Å²) >= 11 is 5.83. The van der Waals surface area contributed by atoms with Crippen LogP contribution in [-0.2, 0) is 22.8 Å². The van der Waals surface area contributed by atoms with E-state index in [9.17, 15) is 27.2 Å². The number of amides is 2. The standard InChI is InChI=1S/C16H13ClF4N4O3/c1-22-11(26)5-25-9-3-7(8(18)4-10(9)28-6-12(25)27)14-13(17)15(16(19,20)21)24(2)23-14/h3-4H,5-6H2,1-2H3,(H,22,26). The van der Waals surface area contributed by atoms with Crippen molar-refractivity contribution in [2.75, 3.05) is 25.1 Å². The summed E-state index contributed by atoms with van der Waals surface area (Å²) in [5.41, 5.74) is -2.04. The Morgan fingerprint density at radius 3 is 2.64 bits per heavy atom. The molecular weight excluding hydrogens is 408 g/mol. The third-order valence-electron chi connectivity index (χ3n) is 4.09. The molecule has 1 aliphatic heterocycles. The second-order valence-corrected chi connectivity index (χ2v) is 6.25. The van der Waals surface area contributed by atoms with Gasteiger partial charge in [0.1, 0.15) is 23.8 Å². The fourth-order valence-electron chi connectivity index (χ4n) is 2.78. The number of hydrogen-bond acceptors (Lipinski definition) is 4. The molecule has 0 saturated heterocycles. The number of aryl methyl sites for hydroxylation is 1. The number of hydrogen-bond donors (Lipinski definition) is 1. The molecule has 0 aliphatic carbocycles. The lowest BCUT2D eigenvalue weighted by Gasteiger charge is -2.29. The molecule has 12 heteroatoms. The Morgan fingerprint density at radius 2 is 2.07 bits per heavy atom. The first-order chi connectivity index (χ1) is 13.0. The monoisotopic (exact) mass is 420 g/mol. The number of fused-ring (bicyclic) bond motifs is 1. The predicted molar refractivity (Wildman–Crippen MR) is 90.5 cm³/mol. The van der Waals surface area contributed by atoms with E-state index >= 15 is 0 Å². The Kier molecular flexibility index (Phi) is 4.96. The minimum Gasteiger partial charge on any atom is -0.481 e. The van der Waals surface area contributed by atoms with Crippen molar-refractivity contribution in [1.82, 2.24) is 15.1 Å². The molecule has 1 aromatic carbocycles. The lowest BCUT2D eigenvalue weighted by atomic mass is 10.1. The third kappa shape index (κ3) is 3.37. The molecule has 0 bridgehead atoms. The highest BCUT2D eigenvalue weighted by atomic mass is 35.5. The second kappa shape index (κ2) is 6.97. The van der Waals surface area contributed by atoms with Crippen molar-refractivity contribution >= 4 is 29.1 Å². The molecule has 0 fully saturated rings. The molecule has 3 rings (SSSR count). The number of aromatic nitrogens is 2. The smallest absolute Gasteiger partial charge is 0.434 e. The molecule has 2 heterocycles. The minimum atomic E-state index is -4.80. The fraction of sp³-hybridized carbons (Fsp3) is 0.312. The van der Waals surface area contributed by atoms with Crippen LogP contribution in [0.4, 0.5) is 23.2 Å². The predicted octanol–water partition coefficient (Wildman–Crippen LogP) is 2.37. The van der Waals surface area contributed by atoms with E-state index in [1.165, 1.54) is 7.05 Å². The van der Waals surface area contributed by atoms with Crippen molar-refractivity contribution in [3.8, 4) is 17.0 Å². The van der Waals surface area contributed by atoms with Gasteiger partial charge in [-0.1, -0.05) is 11.6 Å². The van der Waals surface area contributed by atoms with Gasteiger partial charge >= 0.3 is 6.18 Å². The number of anilines is 1. The maximum atomic E-state index is 14.6. The molecule has 0 unspecified atom stereocenters. The van der Waals surface area contributed by atoms with Crippen LogP contribution in [-0.4, -0.2) is 41.8 Å². The van der Waals surface area contributed by atoms with Crippen molar-refractivity contribution in [3.05, 3.63) is 28.7 Å². The summed E-state index contributed by atoms with van der Waals surface area (Å²) in [5, 5.41) is 5.24. The average Bonchev–Trinajstić information content (AvgIpc) is 2.91. The summed E-state index contributed by atoms with van der Waals surface area (Å²) in [6.45, 7) is -0.786. The SMILES string of the molecule is CNC(=O)CN1C(=O)COc2cc(F)c(-c3nn(C)c(C(F)(F)F)c3Cl)cc21. The van der Waals surface area contributed by atoms with E-state index in [0.29, 0.717) is 4.68 Å². The zero-order valence-electron chi connectivity index (χ0n) is 14.5. The Hall–Kier alpha value is -2.82. The van der Waals surface area contributed by atoms with Gasteiger partial charge in [-0.15, -0.1) is 0 Å². The zero-order valence-corrected chi connectivity index (χ0v) is 15.3. The molecule has 1 aliphatic rings. The maximum absolute atomic E-state index is 14.6. The van der Waals surface area contributed by atoms with Crippen LogP contribution < -0.4 is 15.0 Å². The van der Waals surface area contributed by atoms with E-state index in [0.717, 1.165) is 24.1 Å². The molecule has 2 aromatic rings. The van der Waals surface area contributed by atoms with Crippen LogP contribution in [0.1, 0.15) is 5.69 Å². The van der Waals surface area contributed by atoms with E-state index in [2.05, 4.69) is 10.4 Å². The number of nitrogens with one attached hydrogen (secondary N) is 1. The number of carbonyl (C=O) groups excluding carboxylic acids is 2. The van der Waals surface area contributed by atoms with Gasteiger partial charge in [0.15, 0.2) is 12.3 Å². The summed E-state index contributed by atoms with van der Waals surface area (Å²) in [4.78, 5) is 24.9. The molecule has 1 N–H and O–H groups in total. The van der Waals surface area contributed by atoms with Gasteiger partial charge in [-0.05, 0) is 6.07 Å². The highest BCUT2D eigenvalue weighted by Gasteiger charge is 2.40. The van der Waals surface area contributed by atoms with E-state index in [1.807, 2.05) is 0 Å². The summed E-state index contributed by atoms with van der Waals surface area (Å²) < 4.78 is 59.7. The molecule has 0 radical (unpaired) electrons. The Bertz CT molecular complexity index is 974. The van der Waals surface area contributed by atoms with Crippen molar-refractivity contribution in [2.45, 2.75) is 6.18 Å². The minimum absolute atomic E-state index is 0.0199. The summed E-state index contributed by atoms with van der Waals surface area (Å²) in [7, 11) is 2.40. The van der Waals surface area contributed by atoms with E-state index in [4.69, 9.17) is 16.3 Å². The van der Waals surface area contributed by atoms with Gasteiger partial charge in [0.25, 0.3) is 5.91 Å². The lowest BCUT2D eigenvalue weighted by molar-refractivity contribution is -0.143. The average molecular weight is 421 g/mol. The first-order valence-corrected chi connectivity index (χ1v) is 8.19. The first-order valence-electron chi connectivity index (χ1n) is 7.82. The molecule has 28 heavy (non-hydrogen) atoms. The van der Waals surface area contributed by atoms with Crippen LogP contribution in [0.3, 0.4) is 0 Å². The molecule has 0 saturated carbocycles. The van der Waals surface area contributed by atoms with Crippen LogP contribution in [0.25, 0.3) is 11.3 Å². The normalized spacial score (nSPS) is 14.0. The molecule has 150 valence electrons. The summed E-state index contributed by atoms with van der Waals surface area (Å²) in [5.74, 6) is -2.05. The highest BCUT2D eigenvalue weighted by Crippen LogP contribution is 2.43. The van der Waals surface area contributed by atoms with Crippen molar-refractivity contribution < 1.29 is 31.9 Å². The lowest BCUT2D eigenvalue weighted by Crippen LogP contribution is -2.44. The fourth-order valence-corrected chi connectivity index (χ4v) is 3.15. The molecule has 0 atom stereocenters. The number of halogens is 5. The number of rotatable bonds is 3. The largest absolute Gasteiger partial charge is 0.481 e. The van der Waals surface area contributed by atoms with E-state index in [-0.39, 0.29) is 23.5 Å². The first kappa shape index (κ1) is 19.9. The Labute approximate surface area is 160 Å². The molecule has 0 spiro atoms. The number of ether oxygens (including phenoxy) is 1. The van der Waals surface area contributed by atoms with Crippen LogP contribution >= 0.6 is 11.6 Å². The number of likely N-dealkylation sites (N-methyl/N-ethyl adjacent to an activating group) is 1. The van der Waals surface area contributed by atoms with E-state index < -0.39 is 46.8 Å². The quantitative estimate of drug-likeness (QED) is 0.773. The number of carbonyl (C=O) groups is 2. The van der Waals surface area contributed by atoms with Crippen LogP contribution in [0, 0.1) is 5.82 Å². The van der Waals surface area contributed by atoms with Crippen LogP contribution in [0.15, 0.2) is 12.1 Å². The molecule has 2 amide bonds. The van der Waals surface area contributed by atoms with Gasteiger partial charge in [0.05, 0.1) is 10.7 Å². The maximum Gasteiger partial charge on any atom is 0.434 e. The van der Waals surface area contributed by atoms with Crippen molar-refractivity contribution in [2.24, 2.45) is 7.05 Å². The van der Waals surface area contributed by atoms with Crippen molar-refractivity contribution in [1.29, 1.82) is 0 Å². The summed E-state index contributed by atoms with van der Waals surface area (Å²) in [6.07, 6.45) is -4.80. The highest BCUT2D eigenvalue weighted by molar-refractivity contribution is 6.33. The van der Waals surface area contributed by atoms with Crippen molar-refractivity contribution in [3.63, 3.8) is 0 Å². The van der Waals surface area contributed by atoms with Gasteiger partial charge in [-0.25, -0.2) is 4.39 Å². The number of nitrogens with zero attached hydrogens (tertiary/aromatic N) is 3. The van der Waals surface area contributed by atoms with Gasteiger partial charge < -0.3 is 10.1 Å². The molecule has 7 nitrogen and oxygen atoms in total. The Balaban J connectivity index is 2.15. The zero-order chi connectivity index (χ0) is 20.8. The summed E-state index contributed by atoms with van der Waals surface area (Å²) in [6, 6.07) is 1.99. The number of alkyl halides is 3. The topological polar surface area (TPSA) is 76.5 Å². The molecule has 1 aromatic heterocycles. The third-order valence-corrected chi connectivity index (χ3v) is 4.44.